The molecule has 0 saturated heterocycles. The lowest BCUT2D eigenvalue weighted by Crippen LogP contribution is -2.12. The number of nitrogens with zero attached hydrogens (tertiary/aromatic N) is 1. The lowest BCUT2D eigenvalue weighted by Gasteiger charge is -2.06. The van der Waals surface area contributed by atoms with Crippen LogP contribution in [0.2, 0.25) is 0 Å². The van der Waals surface area contributed by atoms with Gasteiger partial charge in [0.15, 0.2) is 6.61 Å². The number of halogens is 2. The molecule has 0 aliphatic heterocycles. The SMILES string of the molecule is Cc1cc(C(=O)COc2ccc(F)c(Br)c2)c(C)n1C. The number of aryl methyl sites for hydroxylation is 1. The van der Waals surface area contributed by atoms with Crippen molar-refractivity contribution in [2.45, 2.75) is 13.8 Å². The average molecular weight is 340 g/mol. The van der Waals surface area contributed by atoms with E-state index in [0.29, 0.717) is 15.8 Å². The van der Waals surface area contributed by atoms with Crippen LogP contribution in [0.3, 0.4) is 0 Å². The first-order chi connectivity index (χ1) is 9.40. The molecule has 3 nitrogen and oxygen atoms in total. The van der Waals surface area contributed by atoms with Crippen LogP contribution in [0.1, 0.15) is 21.7 Å². The molecule has 0 fully saturated rings. The Morgan fingerprint density at radius 2 is 2.05 bits per heavy atom. The molecular weight excluding hydrogens is 325 g/mol. The van der Waals surface area contributed by atoms with E-state index in [1.165, 1.54) is 18.2 Å². The maximum Gasteiger partial charge on any atom is 0.202 e. The molecule has 0 atom stereocenters. The highest BCUT2D eigenvalue weighted by Gasteiger charge is 2.14. The summed E-state index contributed by atoms with van der Waals surface area (Å²) in [6.07, 6.45) is 0. The van der Waals surface area contributed by atoms with Gasteiger partial charge in [-0.3, -0.25) is 4.79 Å². The van der Waals surface area contributed by atoms with Gasteiger partial charge in [-0.05, 0) is 54.0 Å². The Morgan fingerprint density at radius 3 is 2.60 bits per heavy atom. The van der Waals surface area contributed by atoms with Gasteiger partial charge in [0.2, 0.25) is 5.78 Å². The molecule has 1 aromatic carbocycles. The number of ketones is 1. The van der Waals surface area contributed by atoms with Crippen molar-refractivity contribution in [1.82, 2.24) is 4.57 Å². The summed E-state index contributed by atoms with van der Waals surface area (Å²) in [5.74, 6) is 0.00165. The van der Waals surface area contributed by atoms with Crippen molar-refractivity contribution in [1.29, 1.82) is 0 Å². The van der Waals surface area contributed by atoms with E-state index < -0.39 is 0 Å². The Bertz CT molecular complexity index is 664. The molecule has 106 valence electrons. The summed E-state index contributed by atoms with van der Waals surface area (Å²) in [5, 5.41) is 0. The van der Waals surface area contributed by atoms with E-state index in [9.17, 15) is 9.18 Å². The second-order valence-corrected chi connectivity index (χ2v) is 5.49. The summed E-state index contributed by atoms with van der Waals surface area (Å²) in [4.78, 5) is 12.1. The van der Waals surface area contributed by atoms with Gasteiger partial charge in [0.1, 0.15) is 11.6 Å². The van der Waals surface area contributed by atoms with Crippen molar-refractivity contribution in [2.75, 3.05) is 6.61 Å². The first-order valence-corrected chi connectivity index (χ1v) is 6.93. The third kappa shape index (κ3) is 2.93. The minimum atomic E-state index is -0.363. The van der Waals surface area contributed by atoms with Crippen LogP contribution in [0.5, 0.6) is 5.75 Å². The lowest BCUT2D eigenvalue weighted by molar-refractivity contribution is 0.0920. The van der Waals surface area contributed by atoms with Gasteiger partial charge in [-0.25, -0.2) is 4.39 Å². The number of ether oxygens (including phenoxy) is 1. The molecule has 0 N–H and O–H groups in total. The van der Waals surface area contributed by atoms with E-state index >= 15 is 0 Å². The van der Waals surface area contributed by atoms with Crippen LogP contribution < -0.4 is 4.74 Å². The molecule has 0 bridgehead atoms. The van der Waals surface area contributed by atoms with Gasteiger partial charge in [0.05, 0.1) is 4.47 Å². The fourth-order valence-electron chi connectivity index (χ4n) is 1.93. The largest absolute Gasteiger partial charge is 0.485 e. The van der Waals surface area contributed by atoms with Crippen LogP contribution in [0.15, 0.2) is 28.7 Å². The van der Waals surface area contributed by atoms with E-state index in [1.54, 1.807) is 0 Å². The molecule has 0 unspecified atom stereocenters. The number of aromatic nitrogens is 1. The van der Waals surface area contributed by atoms with Crippen LogP contribution in [-0.2, 0) is 7.05 Å². The second-order valence-electron chi connectivity index (χ2n) is 4.63. The van der Waals surface area contributed by atoms with Gasteiger partial charge in [-0.1, -0.05) is 0 Å². The summed E-state index contributed by atoms with van der Waals surface area (Å²) in [6, 6.07) is 6.14. The zero-order valence-electron chi connectivity index (χ0n) is 11.5. The Kier molecular flexibility index (Phi) is 4.28. The fourth-order valence-corrected chi connectivity index (χ4v) is 2.29. The standard InChI is InChI=1S/C15H15BrFNO2/c1-9-6-12(10(2)18(9)3)15(19)8-20-11-4-5-14(17)13(16)7-11/h4-7H,8H2,1-3H3. The fraction of sp³-hybridized carbons (Fsp3) is 0.267. The third-order valence-corrected chi connectivity index (χ3v) is 3.94. The number of hydrogen-bond donors (Lipinski definition) is 0. The van der Waals surface area contributed by atoms with Crippen LogP contribution in [0.25, 0.3) is 0 Å². The molecule has 20 heavy (non-hydrogen) atoms. The van der Waals surface area contributed by atoms with E-state index in [2.05, 4.69) is 15.9 Å². The number of rotatable bonds is 4. The van der Waals surface area contributed by atoms with E-state index in [4.69, 9.17) is 4.74 Å². The van der Waals surface area contributed by atoms with Crippen molar-refractivity contribution in [3.8, 4) is 5.75 Å². The summed E-state index contributed by atoms with van der Waals surface area (Å²) >= 11 is 3.08. The Morgan fingerprint density at radius 1 is 1.35 bits per heavy atom. The Hall–Kier alpha value is -1.62. The average Bonchev–Trinajstić information content (AvgIpc) is 2.67. The zero-order valence-corrected chi connectivity index (χ0v) is 13.1. The lowest BCUT2D eigenvalue weighted by atomic mass is 10.1. The van der Waals surface area contributed by atoms with Gasteiger partial charge >= 0.3 is 0 Å². The van der Waals surface area contributed by atoms with E-state index in [-0.39, 0.29) is 18.2 Å². The number of benzene rings is 1. The summed E-state index contributed by atoms with van der Waals surface area (Å²) in [6.45, 7) is 3.78. The minimum absolute atomic E-state index is 0.0671. The predicted octanol–water partition coefficient (Wildman–Crippen LogP) is 3.81. The number of carbonyl (C=O) groups is 1. The molecule has 0 saturated carbocycles. The van der Waals surface area contributed by atoms with Crippen molar-refractivity contribution in [3.63, 3.8) is 0 Å². The molecule has 1 aromatic heterocycles. The molecule has 0 spiro atoms. The number of Topliss-reactive ketones (excluding diaryl/α,β-unsaturated/α-hetero) is 1. The van der Waals surface area contributed by atoms with Crippen molar-refractivity contribution >= 4 is 21.7 Å². The molecule has 2 rings (SSSR count). The summed E-state index contributed by atoms with van der Waals surface area (Å²) in [5.41, 5.74) is 2.60. The third-order valence-electron chi connectivity index (χ3n) is 3.34. The monoisotopic (exact) mass is 339 g/mol. The van der Waals surface area contributed by atoms with Crippen LogP contribution in [0, 0.1) is 19.7 Å². The summed E-state index contributed by atoms with van der Waals surface area (Å²) < 4.78 is 20.8. The zero-order chi connectivity index (χ0) is 14.9. The van der Waals surface area contributed by atoms with E-state index in [1.807, 2.05) is 31.5 Å². The van der Waals surface area contributed by atoms with Gasteiger partial charge in [-0.15, -0.1) is 0 Å². The minimum Gasteiger partial charge on any atom is -0.485 e. The Labute approximate surface area is 125 Å². The molecule has 0 radical (unpaired) electrons. The molecular formula is C15H15BrFNO2. The van der Waals surface area contributed by atoms with Crippen molar-refractivity contribution in [2.24, 2.45) is 7.05 Å². The molecule has 2 aromatic rings. The molecule has 0 aliphatic carbocycles. The molecule has 0 amide bonds. The number of hydrogen-bond acceptors (Lipinski definition) is 2. The number of carbonyl (C=O) groups excluding carboxylic acids is 1. The molecule has 5 heteroatoms. The topological polar surface area (TPSA) is 31.2 Å². The molecule has 1 heterocycles. The highest BCUT2D eigenvalue weighted by molar-refractivity contribution is 9.10. The first-order valence-electron chi connectivity index (χ1n) is 6.14. The van der Waals surface area contributed by atoms with Crippen LogP contribution >= 0.6 is 15.9 Å². The van der Waals surface area contributed by atoms with Gasteiger partial charge in [0.25, 0.3) is 0 Å². The van der Waals surface area contributed by atoms with Crippen LogP contribution in [-0.4, -0.2) is 17.0 Å². The smallest absolute Gasteiger partial charge is 0.202 e. The second kappa shape index (κ2) is 5.79. The highest BCUT2D eigenvalue weighted by Crippen LogP contribution is 2.22. The molecule has 0 aliphatic rings. The van der Waals surface area contributed by atoms with Crippen LogP contribution in [0.4, 0.5) is 4.39 Å². The first kappa shape index (κ1) is 14.8. The van der Waals surface area contributed by atoms with Gasteiger partial charge in [0, 0.05) is 24.0 Å². The quantitative estimate of drug-likeness (QED) is 0.793. The summed E-state index contributed by atoms with van der Waals surface area (Å²) in [7, 11) is 1.92. The Balaban J connectivity index is 2.08. The van der Waals surface area contributed by atoms with Crippen molar-refractivity contribution in [3.05, 3.63) is 51.5 Å². The maximum absolute atomic E-state index is 13.1. The van der Waals surface area contributed by atoms with Gasteiger partial charge < -0.3 is 9.30 Å². The van der Waals surface area contributed by atoms with E-state index in [0.717, 1.165) is 11.4 Å². The highest BCUT2D eigenvalue weighted by atomic mass is 79.9. The normalized spacial score (nSPS) is 10.7. The van der Waals surface area contributed by atoms with Gasteiger partial charge in [-0.2, -0.15) is 0 Å². The van der Waals surface area contributed by atoms with Crippen molar-refractivity contribution < 1.29 is 13.9 Å². The predicted molar refractivity (Wildman–Crippen MR) is 78.8 cm³/mol. The maximum atomic E-state index is 13.1.